The lowest BCUT2D eigenvalue weighted by Gasteiger charge is -2.58. The number of hydrogen-bond donors (Lipinski definition) is 1. The van der Waals surface area contributed by atoms with E-state index in [1.54, 1.807) is 6.26 Å². The number of esters is 2. The predicted octanol–water partition coefficient (Wildman–Crippen LogP) is 5.52. The van der Waals surface area contributed by atoms with Crippen molar-refractivity contribution in [3.05, 3.63) is 34.6 Å². The summed E-state index contributed by atoms with van der Waals surface area (Å²) in [5.74, 6) is 0.412. The molecule has 9 heteroatoms. The molecule has 198 valence electrons. The Kier molecular flexibility index (Phi) is 7.45. The van der Waals surface area contributed by atoms with Crippen LogP contribution in [-0.2, 0) is 24.7 Å². The average molecular weight is 502 g/mol. The van der Waals surface area contributed by atoms with E-state index in [9.17, 15) is 20.2 Å². The molecule has 1 aromatic heterocycles. The van der Waals surface area contributed by atoms with Crippen molar-refractivity contribution in [2.45, 2.75) is 84.3 Å². The number of aliphatic hydroxyl groups is 1. The molecule has 0 spiro atoms. The summed E-state index contributed by atoms with van der Waals surface area (Å²) in [7, 11) is 0. The number of nitrogens with zero attached hydrogens (tertiary/aromatic N) is 3. The van der Waals surface area contributed by atoms with Crippen molar-refractivity contribution in [2.75, 3.05) is 13.2 Å². The number of furan rings is 1. The van der Waals surface area contributed by atoms with Crippen molar-refractivity contribution in [3.8, 4) is 0 Å². The molecule has 8 atom stereocenters. The molecule has 1 aromatic rings. The highest BCUT2D eigenvalue weighted by atomic mass is 16.5. The Bertz CT molecular complexity index is 1010. The zero-order chi connectivity index (χ0) is 26.1. The molecule has 36 heavy (non-hydrogen) atoms. The lowest BCUT2D eigenvalue weighted by Crippen LogP contribution is -2.55. The van der Waals surface area contributed by atoms with Crippen LogP contribution in [0.4, 0.5) is 0 Å². The average Bonchev–Trinajstić information content (AvgIpc) is 3.45. The monoisotopic (exact) mass is 501 g/mol. The molecule has 0 radical (unpaired) electrons. The van der Waals surface area contributed by atoms with Gasteiger partial charge in [0.2, 0.25) is 0 Å². The summed E-state index contributed by atoms with van der Waals surface area (Å²) in [6, 6.07) is 3.67. The van der Waals surface area contributed by atoms with Crippen LogP contribution in [0.5, 0.6) is 0 Å². The Morgan fingerprint density at radius 3 is 2.56 bits per heavy atom. The first-order valence-corrected chi connectivity index (χ1v) is 13.1. The molecular weight excluding hydrogens is 462 g/mol. The number of fused-ring (bicyclic) bond motifs is 1. The zero-order valence-corrected chi connectivity index (χ0v) is 21.8. The molecule has 3 aliphatic carbocycles. The second-order valence-corrected chi connectivity index (χ2v) is 11.6. The van der Waals surface area contributed by atoms with Crippen LogP contribution in [0.25, 0.3) is 10.4 Å². The Hall–Kier alpha value is -2.51. The zero-order valence-electron chi connectivity index (χ0n) is 21.8. The van der Waals surface area contributed by atoms with Gasteiger partial charge < -0.3 is 19.0 Å². The summed E-state index contributed by atoms with van der Waals surface area (Å²) in [5.41, 5.74) is 7.55. The maximum Gasteiger partial charge on any atom is 0.302 e. The van der Waals surface area contributed by atoms with E-state index in [2.05, 4.69) is 23.9 Å². The molecule has 4 rings (SSSR count). The lowest BCUT2D eigenvalue weighted by molar-refractivity contribution is -0.168. The van der Waals surface area contributed by atoms with E-state index in [1.807, 2.05) is 12.1 Å². The number of ether oxygens (including phenoxy) is 2. The van der Waals surface area contributed by atoms with Crippen LogP contribution in [0.15, 0.2) is 27.9 Å². The molecular formula is C27H39N3O6. The standard InChI is InChI=1S/C27H39N3O6/c1-17(31)35-16-19-14-20(36-18(2)32)7-10-25(19,3)22-8-11-26(4)23(21(22)15-29-30-28)9-12-27(26,33)24-6-5-13-34-24/h5-6,13,19-23,33H,7-12,14-16H2,1-4H3/t19-,20+,21-,22+,23+,25+,26+,27-/m1/s1. The minimum absolute atomic E-state index is 0.00721. The van der Waals surface area contributed by atoms with Gasteiger partial charge in [-0.2, -0.15) is 0 Å². The Labute approximate surface area is 212 Å². The van der Waals surface area contributed by atoms with Crippen molar-refractivity contribution in [1.29, 1.82) is 0 Å². The Balaban J connectivity index is 1.67. The molecule has 3 aliphatic rings. The van der Waals surface area contributed by atoms with Crippen LogP contribution in [0.2, 0.25) is 0 Å². The van der Waals surface area contributed by atoms with E-state index in [4.69, 9.17) is 13.9 Å². The number of rotatable bonds is 7. The number of carbonyl (C=O) groups is 2. The van der Waals surface area contributed by atoms with Gasteiger partial charge in [0.25, 0.3) is 0 Å². The molecule has 1 N–H and O–H groups in total. The van der Waals surface area contributed by atoms with Gasteiger partial charge in [0.05, 0.1) is 12.9 Å². The van der Waals surface area contributed by atoms with Crippen LogP contribution in [0.3, 0.4) is 0 Å². The van der Waals surface area contributed by atoms with Gasteiger partial charge in [-0.25, -0.2) is 0 Å². The molecule has 0 aliphatic heterocycles. The minimum atomic E-state index is -1.06. The highest BCUT2D eigenvalue weighted by Crippen LogP contribution is 2.67. The second-order valence-electron chi connectivity index (χ2n) is 11.6. The van der Waals surface area contributed by atoms with Crippen molar-refractivity contribution in [1.82, 2.24) is 0 Å². The van der Waals surface area contributed by atoms with Gasteiger partial charge in [0.15, 0.2) is 0 Å². The summed E-state index contributed by atoms with van der Waals surface area (Å²) >= 11 is 0. The highest BCUT2D eigenvalue weighted by molar-refractivity contribution is 5.66. The third-order valence-corrected chi connectivity index (χ3v) is 10.0. The molecule has 0 unspecified atom stereocenters. The largest absolute Gasteiger partial charge is 0.466 e. The molecule has 9 nitrogen and oxygen atoms in total. The van der Waals surface area contributed by atoms with Gasteiger partial charge >= 0.3 is 11.9 Å². The quantitative estimate of drug-likeness (QED) is 0.226. The van der Waals surface area contributed by atoms with Crippen molar-refractivity contribution < 1.29 is 28.6 Å². The van der Waals surface area contributed by atoms with Crippen LogP contribution in [0.1, 0.15) is 78.4 Å². The lowest BCUT2D eigenvalue weighted by atomic mass is 9.48. The van der Waals surface area contributed by atoms with Gasteiger partial charge in [-0.05, 0) is 85.8 Å². The molecule has 0 saturated heterocycles. The summed E-state index contributed by atoms with van der Waals surface area (Å²) in [6.07, 6.45) is 6.69. The summed E-state index contributed by atoms with van der Waals surface area (Å²) < 4.78 is 16.8. The molecule has 0 aromatic carbocycles. The van der Waals surface area contributed by atoms with Crippen LogP contribution in [-0.4, -0.2) is 36.3 Å². The van der Waals surface area contributed by atoms with E-state index < -0.39 is 11.0 Å². The van der Waals surface area contributed by atoms with Crippen LogP contribution in [0, 0.1) is 34.5 Å². The first-order chi connectivity index (χ1) is 17.0. The molecule has 3 saturated carbocycles. The molecule has 3 fully saturated rings. The molecule has 0 amide bonds. The highest BCUT2D eigenvalue weighted by Gasteiger charge is 2.65. The SMILES string of the molecule is CC(=O)OC[C@H]1C[C@@H](OC(C)=O)CC[C@]1(C)[C@H]1CC[C@@]2(C)[C@@H](CC[C@@]2(O)c2ccco2)[C@@H]1CN=[N+]=[N-]. The fourth-order valence-electron chi connectivity index (χ4n) is 8.11. The summed E-state index contributed by atoms with van der Waals surface area (Å²) in [5, 5.41) is 16.0. The first kappa shape index (κ1) is 26.6. The summed E-state index contributed by atoms with van der Waals surface area (Å²) in [4.78, 5) is 26.5. The third kappa shape index (κ3) is 4.52. The van der Waals surface area contributed by atoms with Gasteiger partial charge in [0.1, 0.15) is 17.5 Å². The Morgan fingerprint density at radius 1 is 1.17 bits per heavy atom. The molecule has 0 bridgehead atoms. The normalized spacial score (nSPS) is 40.1. The topological polar surface area (TPSA) is 135 Å². The van der Waals surface area contributed by atoms with Gasteiger partial charge in [0, 0.05) is 36.6 Å². The van der Waals surface area contributed by atoms with E-state index in [1.165, 1.54) is 13.8 Å². The smallest absolute Gasteiger partial charge is 0.302 e. The number of hydrogen-bond acceptors (Lipinski definition) is 7. The van der Waals surface area contributed by atoms with Gasteiger partial charge in [-0.15, -0.1) is 0 Å². The van der Waals surface area contributed by atoms with E-state index >= 15 is 0 Å². The first-order valence-electron chi connectivity index (χ1n) is 13.1. The van der Waals surface area contributed by atoms with Crippen molar-refractivity contribution in [3.63, 3.8) is 0 Å². The van der Waals surface area contributed by atoms with Crippen molar-refractivity contribution >= 4 is 11.9 Å². The van der Waals surface area contributed by atoms with Gasteiger partial charge in [-0.1, -0.05) is 19.0 Å². The molecule has 1 heterocycles. The predicted molar refractivity (Wildman–Crippen MR) is 131 cm³/mol. The fourth-order valence-corrected chi connectivity index (χ4v) is 8.11. The van der Waals surface area contributed by atoms with Crippen LogP contribution < -0.4 is 0 Å². The number of azide groups is 1. The number of carbonyl (C=O) groups excluding carboxylic acids is 2. The van der Waals surface area contributed by atoms with Crippen LogP contribution >= 0.6 is 0 Å². The maximum atomic E-state index is 11.9. The summed E-state index contributed by atoms with van der Waals surface area (Å²) in [6.45, 7) is 7.88. The van der Waals surface area contributed by atoms with E-state index in [-0.39, 0.29) is 53.7 Å². The van der Waals surface area contributed by atoms with Crippen molar-refractivity contribution in [2.24, 2.45) is 39.6 Å². The van der Waals surface area contributed by atoms with Gasteiger partial charge in [-0.3, -0.25) is 9.59 Å². The van der Waals surface area contributed by atoms with E-state index in [0.717, 1.165) is 32.1 Å². The maximum absolute atomic E-state index is 11.9. The second kappa shape index (κ2) is 10.1. The van der Waals surface area contributed by atoms with E-state index in [0.29, 0.717) is 25.1 Å². The fraction of sp³-hybridized carbons (Fsp3) is 0.778. The third-order valence-electron chi connectivity index (χ3n) is 10.0. The minimum Gasteiger partial charge on any atom is -0.466 e. The Morgan fingerprint density at radius 2 is 1.92 bits per heavy atom.